The Labute approximate surface area is 86.6 Å². The zero-order valence-corrected chi connectivity index (χ0v) is 8.66. The summed E-state index contributed by atoms with van der Waals surface area (Å²) in [7, 11) is 0. The fourth-order valence-electron chi connectivity index (χ4n) is 1.13. The van der Waals surface area contributed by atoms with Crippen molar-refractivity contribution in [3.63, 3.8) is 0 Å². The van der Waals surface area contributed by atoms with Crippen LogP contribution < -0.4 is 5.73 Å². The van der Waals surface area contributed by atoms with Crippen molar-refractivity contribution in [2.45, 2.75) is 13.0 Å². The number of nitrogens with two attached hydrogens (primary N) is 1. The van der Waals surface area contributed by atoms with Crippen molar-refractivity contribution in [2.24, 2.45) is 5.73 Å². The zero-order chi connectivity index (χ0) is 9.97. The highest BCUT2D eigenvalue weighted by atomic mass is 32.1. The summed E-state index contributed by atoms with van der Waals surface area (Å²) in [6.07, 6.45) is 1.76. The van der Waals surface area contributed by atoms with E-state index in [4.69, 9.17) is 5.73 Å². The largest absolute Gasteiger partial charge is 0.322 e. The molecule has 0 amide bonds. The van der Waals surface area contributed by atoms with Gasteiger partial charge in [-0.1, -0.05) is 6.07 Å². The van der Waals surface area contributed by atoms with Gasteiger partial charge in [0, 0.05) is 11.6 Å². The van der Waals surface area contributed by atoms with Crippen LogP contribution in [0, 0.1) is 0 Å². The highest BCUT2D eigenvalue weighted by molar-refractivity contribution is 7.10. The van der Waals surface area contributed by atoms with Crippen LogP contribution in [-0.2, 0) is 0 Å². The lowest BCUT2D eigenvalue weighted by molar-refractivity contribution is 0.807. The minimum atomic E-state index is -0.00235. The molecule has 0 radical (unpaired) electrons. The topological polar surface area (TPSA) is 51.8 Å². The average Bonchev–Trinajstić information content (AvgIpc) is 2.68. The Morgan fingerprint density at radius 3 is 2.79 bits per heavy atom. The first-order valence-electron chi connectivity index (χ1n) is 4.40. The van der Waals surface area contributed by atoms with Gasteiger partial charge in [-0.25, -0.2) is 4.98 Å². The second-order valence-electron chi connectivity index (χ2n) is 3.07. The molecule has 0 saturated heterocycles. The molecule has 2 rings (SSSR count). The zero-order valence-electron chi connectivity index (χ0n) is 7.84. The summed E-state index contributed by atoms with van der Waals surface area (Å²) in [6, 6.07) is 5.78. The molecule has 1 atom stereocenters. The van der Waals surface area contributed by atoms with Crippen molar-refractivity contribution in [1.29, 1.82) is 0 Å². The highest BCUT2D eigenvalue weighted by Gasteiger charge is 2.07. The van der Waals surface area contributed by atoms with Gasteiger partial charge in [-0.2, -0.15) is 0 Å². The van der Waals surface area contributed by atoms with Crippen LogP contribution in [0.1, 0.15) is 18.0 Å². The van der Waals surface area contributed by atoms with E-state index in [9.17, 15) is 0 Å². The maximum absolute atomic E-state index is 5.73. The number of rotatable bonds is 2. The van der Waals surface area contributed by atoms with Crippen LogP contribution in [0.5, 0.6) is 0 Å². The molecular weight excluding hydrogens is 194 g/mol. The van der Waals surface area contributed by atoms with E-state index in [1.165, 1.54) is 0 Å². The Morgan fingerprint density at radius 1 is 1.36 bits per heavy atom. The van der Waals surface area contributed by atoms with E-state index in [1.807, 2.05) is 30.5 Å². The van der Waals surface area contributed by atoms with Gasteiger partial charge in [-0.3, -0.25) is 4.98 Å². The Bertz CT molecular complexity index is 408. The maximum Gasteiger partial charge on any atom is 0.110 e. The minimum absolute atomic E-state index is 0.00235. The summed E-state index contributed by atoms with van der Waals surface area (Å²) in [6.45, 7) is 1.93. The Morgan fingerprint density at radius 2 is 2.21 bits per heavy atom. The van der Waals surface area contributed by atoms with Crippen LogP contribution in [0.3, 0.4) is 0 Å². The molecule has 14 heavy (non-hydrogen) atoms. The minimum Gasteiger partial charge on any atom is -0.322 e. The smallest absolute Gasteiger partial charge is 0.110 e. The first-order chi connectivity index (χ1) is 6.77. The van der Waals surface area contributed by atoms with E-state index in [-0.39, 0.29) is 6.04 Å². The molecule has 0 saturated carbocycles. The molecule has 0 aromatic carbocycles. The predicted molar refractivity (Wildman–Crippen MR) is 57.9 cm³/mol. The third-order valence-corrected chi connectivity index (χ3v) is 2.88. The summed E-state index contributed by atoms with van der Waals surface area (Å²) in [5.74, 6) is 0. The van der Waals surface area contributed by atoms with Crippen LogP contribution in [0.4, 0.5) is 0 Å². The van der Waals surface area contributed by atoms with Gasteiger partial charge in [0.25, 0.3) is 0 Å². The molecular formula is C10H11N3S. The lowest BCUT2D eigenvalue weighted by Gasteiger charge is -1.97. The molecule has 4 heteroatoms. The monoisotopic (exact) mass is 205 g/mol. The lowest BCUT2D eigenvalue weighted by atomic mass is 10.3. The summed E-state index contributed by atoms with van der Waals surface area (Å²) in [4.78, 5) is 8.64. The SMILES string of the molecule is CC(N)c1nc(-c2ccccn2)cs1. The average molecular weight is 205 g/mol. The molecule has 0 bridgehead atoms. The fourth-order valence-corrected chi connectivity index (χ4v) is 1.90. The molecule has 2 aromatic rings. The van der Waals surface area contributed by atoms with Gasteiger partial charge in [0.05, 0.1) is 17.4 Å². The Kier molecular flexibility index (Phi) is 2.56. The van der Waals surface area contributed by atoms with E-state index < -0.39 is 0 Å². The molecule has 2 aromatic heterocycles. The van der Waals surface area contributed by atoms with Gasteiger partial charge in [0.1, 0.15) is 5.01 Å². The third-order valence-electron chi connectivity index (χ3n) is 1.84. The lowest BCUT2D eigenvalue weighted by Crippen LogP contribution is -2.03. The predicted octanol–water partition coefficient (Wildman–Crippen LogP) is 2.22. The van der Waals surface area contributed by atoms with Crippen LogP contribution >= 0.6 is 11.3 Å². The normalized spacial score (nSPS) is 12.7. The van der Waals surface area contributed by atoms with Crippen molar-refractivity contribution in [1.82, 2.24) is 9.97 Å². The van der Waals surface area contributed by atoms with Gasteiger partial charge in [-0.05, 0) is 19.1 Å². The van der Waals surface area contributed by atoms with E-state index in [0.29, 0.717) is 0 Å². The molecule has 72 valence electrons. The second kappa shape index (κ2) is 3.86. The highest BCUT2D eigenvalue weighted by Crippen LogP contribution is 2.22. The van der Waals surface area contributed by atoms with Crippen molar-refractivity contribution < 1.29 is 0 Å². The van der Waals surface area contributed by atoms with Crippen LogP contribution in [0.2, 0.25) is 0 Å². The van der Waals surface area contributed by atoms with Crippen molar-refractivity contribution >= 4 is 11.3 Å². The molecule has 3 nitrogen and oxygen atoms in total. The molecule has 0 spiro atoms. The molecule has 0 aliphatic carbocycles. The van der Waals surface area contributed by atoms with Gasteiger partial charge >= 0.3 is 0 Å². The number of thiazole rings is 1. The van der Waals surface area contributed by atoms with Gasteiger partial charge in [0.15, 0.2) is 0 Å². The third kappa shape index (κ3) is 1.81. The van der Waals surface area contributed by atoms with Gasteiger partial charge in [-0.15, -0.1) is 11.3 Å². The number of nitrogens with zero attached hydrogens (tertiary/aromatic N) is 2. The molecule has 0 aliphatic rings. The quantitative estimate of drug-likeness (QED) is 0.818. The van der Waals surface area contributed by atoms with E-state index in [0.717, 1.165) is 16.4 Å². The molecule has 2 N–H and O–H groups in total. The standard InChI is InChI=1S/C10H11N3S/c1-7(11)10-13-9(6-14-10)8-4-2-3-5-12-8/h2-7H,11H2,1H3. The second-order valence-corrected chi connectivity index (χ2v) is 3.96. The summed E-state index contributed by atoms with van der Waals surface area (Å²) < 4.78 is 0. The molecule has 0 aliphatic heterocycles. The fraction of sp³-hybridized carbons (Fsp3) is 0.200. The molecule has 0 fully saturated rings. The van der Waals surface area contributed by atoms with E-state index in [1.54, 1.807) is 17.5 Å². The molecule has 1 unspecified atom stereocenters. The van der Waals surface area contributed by atoms with Crippen molar-refractivity contribution in [3.05, 3.63) is 34.8 Å². The first kappa shape index (κ1) is 9.30. The van der Waals surface area contributed by atoms with Gasteiger partial charge in [0.2, 0.25) is 0 Å². The van der Waals surface area contributed by atoms with Gasteiger partial charge < -0.3 is 5.73 Å². The summed E-state index contributed by atoms with van der Waals surface area (Å²) in [5, 5.41) is 2.94. The van der Waals surface area contributed by atoms with Crippen molar-refractivity contribution in [2.75, 3.05) is 0 Å². The number of pyridine rings is 1. The summed E-state index contributed by atoms with van der Waals surface area (Å²) in [5.41, 5.74) is 7.54. The van der Waals surface area contributed by atoms with Crippen molar-refractivity contribution in [3.8, 4) is 11.4 Å². The Hall–Kier alpha value is -1.26. The first-order valence-corrected chi connectivity index (χ1v) is 5.28. The number of aromatic nitrogens is 2. The Balaban J connectivity index is 2.34. The number of hydrogen-bond acceptors (Lipinski definition) is 4. The van der Waals surface area contributed by atoms with E-state index >= 15 is 0 Å². The van der Waals surface area contributed by atoms with Crippen LogP contribution in [0.25, 0.3) is 11.4 Å². The van der Waals surface area contributed by atoms with Crippen LogP contribution in [0.15, 0.2) is 29.8 Å². The molecule has 2 heterocycles. The maximum atomic E-state index is 5.73. The van der Waals surface area contributed by atoms with Crippen LogP contribution in [-0.4, -0.2) is 9.97 Å². The number of hydrogen-bond donors (Lipinski definition) is 1. The summed E-state index contributed by atoms with van der Waals surface area (Å²) >= 11 is 1.58. The van der Waals surface area contributed by atoms with E-state index in [2.05, 4.69) is 9.97 Å².